The van der Waals surface area contributed by atoms with E-state index in [0.717, 1.165) is 0 Å². The number of likely N-dealkylation sites (tertiary alicyclic amines) is 1. The Hall–Kier alpha value is -2.41. The molecule has 7 nitrogen and oxygen atoms in total. The van der Waals surface area contributed by atoms with Crippen molar-refractivity contribution in [3.05, 3.63) is 29.8 Å². The average Bonchev–Trinajstić information content (AvgIpc) is 2.98. The van der Waals surface area contributed by atoms with Crippen LogP contribution in [0.4, 0.5) is 5.69 Å². The van der Waals surface area contributed by atoms with Gasteiger partial charge in [0, 0.05) is 20.1 Å². The maximum atomic E-state index is 12.5. The number of rotatable bonds is 7. The topological polar surface area (TPSA) is 84.9 Å². The third-order valence-electron chi connectivity index (χ3n) is 4.15. The lowest BCUT2D eigenvalue weighted by Crippen LogP contribution is -2.38. The van der Waals surface area contributed by atoms with Crippen LogP contribution in [0.1, 0.15) is 30.6 Å². The standard InChI is InChI=1S/C18H24N2O5/c1-4-25-18(23)14-7-5-6-8-15(14)19-17(22)13-9-16(21)20(10-13)12(2)11-24-3/h5-8,12-13H,4,9-11H2,1-3H3,(H,19,22)/t12-,13-/m0/s1. The third-order valence-corrected chi connectivity index (χ3v) is 4.15. The molecule has 2 atom stereocenters. The highest BCUT2D eigenvalue weighted by Crippen LogP contribution is 2.23. The summed E-state index contributed by atoms with van der Waals surface area (Å²) in [6.07, 6.45) is 0.154. The van der Waals surface area contributed by atoms with Gasteiger partial charge in [0.05, 0.1) is 36.4 Å². The van der Waals surface area contributed by atoms with E-state index in [0.29, 0.717) is 24.4 Å². The van der Waals surface area contributed by atoms with Gasteiger partial charge < -0.3 is 19.7 Å². The van der Waals surface area contributed by atoms with Crippen LogP contribution in [-0.4, -0.2) is 55.6 Å². The first-order valence-corrected chi connectivity index (χ1v) is 8.33. The Kier molecular flexibility index (Phi) is 6.52. The van der Waals surface area contributed by atoms with Crippen molar-refractivity contribution in [3.63, 3.8) is 0 Å². The summed E-state index contributed by atoms with van der Waals surface area (Å²) in [7, 11) is 1.58. The van der Waals surface area contributed by atoms with Crippen LogP contribution in [0.25, 0.3) is 0 Å². The molecule has 25 heavy (non-hydrogen) atoms. The molecule has 1 heterocycles. The fourth-order valence-corrected chi connectivity index (χ4v) is 2.88. The lowest BCUT2D eigenvalue weighted by atomic mass is 10.1. The van der Waals surface area contributed by atoms with Gasteiger partial charge in [0.1, 0.15) is 0 Å². The quantitative estimate of drug-likeness (QED) is 0.758. The van der Waals surface area contributed by atoms with Crippen molar-refractivity contribution in [2.45, 2.75) is 26.3 Å². The molecule has 0 radical (unpaired) electrons. The van der Waals surface area contributed by atoms with E-state index in [9.17, 15) is 14.4 Å². The Balaban J connectivity index is 2.06. The summed E-state index contributed by atoms with van der Waals surface area (Å²) in [6, 6.07) is 6.59. The van der Waals surface area contributed by atoms with Crippen LogP contribution < -0.4 is 5.32 Å². The zero-order valence-electron chi connectivity index (χ0n) is 14.8. The smallest absolute Gasteiger partial charge is 0.340 e. The number of hydrogen-bond donors (Lipinski definition) is 1. The molecule has 2 rings (SSSR count). The first-order valence-electron chi connectivity index (χ1n) is 8.33. The number of hydrogen-bond acceptors (Lipinski definition) is 5. The molecule has 1 aliphatic heterocycles. The molecule has 0 unspecified atom stereocenters. The van der Waals surface area contributed by atoms with Crippen LogP contribution in [0.15, 0.2) is 24.3 Å². The molecule has 1 saturated heterocycles. The highest BCUT2D eigenvalue weighted by Gasteiger charge is 2.36. The first kappa shape index (κ1) is 18.9. The molecule has 0 bridgehead atoms. The van der Waals surface area contributed by atoms with Crippen LogP contribution in [0, 0.1) is 5.92 Å². The van der Waals surface area contributed by atoms with Gasteiger partial charge in [0.2, 0.25) is 11.8 Å². The van der Waals surface area contributed by atoms with Gasteiger partial charge in [-0.15, -0.1) is 0 Å². The summed E-state index contributed by atoms with van der Waals surface area (Å²) in [4.78, 5) is 38.3. The van der Waals surface area contributed by atoms with Crippen molar-refractivity contribution >= 4 is 23.5 Å². The van der Waals surface area contributed by atoms with Gasteiger partial charge in [-0.2, -0.15) is 0 Å². The Morgan fingerprint density at radius 2 is 2.08 bits per heavy atom. The van der Waals surface area contributed by atoms with E-state index in [2.05, 4.69) is 5.32 Å². The van der Waals surface area contributed by atoms with E-state index < -0.39 is 11.9 Å². The molecule has 1 aromatic carbocycles. The summed E-state index contributed by atoms with van der Waals surface area (Å²) in [5.41, 5.74) is 0.688. The van der Waals surface area contributed by atoms with Crippen molar-refractivity contribution in [2.24, 2.45) is 5.92 Å². The van der Waals surface area contributed by atoms with Gasteiger partial charge >= 0.3 is 5.97 Å². The molecule has 0 saturated carbocycles. The summed E-state index contributed by atoms with van der Waals surface area (Å²) in [5, 5.41) is 2.75. The lowest BCUT2D eigenvalue weighted by molar-refractivity contribution is -0.130. The maximum Gasteiger partial charge on any atom is 0.340 e. The highest BCUT2D eigenvalue weighted by atomic mass is 16.5. The third kappa shape index (κ3) is 4.57. The monoisotopic (exact) mass is 348 g/mol. The summed E-state index contributed by atoms with van der Waals surface area (Å²) in [5.74, 6) is -1.29. The first-order chi connectivity index (χ1) is 12.0. The van der Waals surface area contributed by atoms with Crippen LogP contribution in [0.5, 0.6) is 0 Å². The van der Waals surface area contributed by atoms with E-state index >= 15 is 0 Å². The predicted molar refractivity (Wildman–Crippen MR) is 92.2 cm³/mol. The van der Waals surface area contributed by atoms with Crippen molar-refractivity contribution in [2.75, 3.05) is 32.2 Å². The molecule has 7 heteroatoms. The van der Waals surface area contributed by atoms with Crippen molar-refractivity contribution in [3.8, 4) is 0 Å². The van der Waals surface area contributed by atoms with Crippen LogP contribution in [0.3, 0.4) is 0 Å². The number of para-hydroxylation sites is 1. The summed E-state index contributed by atoms with van der Waals surface area (Å²) < 4.78 is 10.1. The molecule has 2 amide bonds. The minimum atomic E-state index is -0.490. The number of esters is 1. The van der Waals surface area contributed by atoms with E-state index in [1.807, 2.05) is 6.92 Å². The second-order valence-electron chi connectivity index (χ2n) is 6.01. The molecule has 0 spiro atoms. The molecular weight excluding hydrogens is 324 g/mol. The van der Waals surface area contributed by atoms with Crippen molar-refractivity contribution in [1.82, 2.24) is 4.90 Å². The van der Waals surface area contributed by atoms with Crippen LogP contribution in [-0.2, 0) is 19.1 Å². The zero-order valence-corrected chi connectivity index (χ0v) is 14.8. The molecule has 1 N–H and O–H groups in total. The van der Waals surface area contributed by atoms with Gasteiger partial charge in [-0.05, 0) is 26.0 Å². The zero-order chi connectivity index (χ0) is 18.4. The van der Waals surface area contributed by atoms with Crippen LogP contribution >= 0.6 is 0 Å². The predicted octanol–water partition coefficient (Wildman–Crippen LogP) is 1.69. The lowest BCUT2D eigenvalue weighted by Gasteiger charge is -2.24. The largest absolute Gasteiger partial charge is 0.462 e. The fourth-order valence-electron chi connectivity index (χ4n) is 2.88. The van der Waals surface area contributed by atoms with Crippen LogP contribution in [0.2, 0.25) is 0 Å². The number of anilines is 1. The minimum absolute atomic E-state index is 0.0663. The minimum Gasteiger partial charge on any atom is -0.462 e. The van der Waals surface area contributed by atoms with E-state index in [1.165, 1.54) is 0 Å². The molecule has 1 aliphatic rings. The van der Waals surface area contributed by atoms with Crippen molar-refractivity contribution in [1.29, 1.82) is 0 Å². The van der Waals surface area contributed by atoms with E-state index in [4.69, 9.17) is 9.47 Å². The number of nitrogens with one attached hydrogen (secondary N) is 1. The van der Waals surface area contributed by atoms with Gasteiger partial charge in [0.25, 0.3) is 0 Å². The maximum absolute atomic E-state index is 12.5. The number of nitrogens with zero attached hydrogens (tertiary/aromatic N) is 1. The SMILES string of the molecule is CCOC(=O)c1ccccc1NC(=O)[C@H]1CC(=O)N([C@@H](C)COC)C1. The number of ether oxygens (including phenoxy) is 2. The van der Waals surface area contributed by atoms with Gasteiger partial charge in [-0.1, -0.05) is 12.1 Å². The molecular formula is C18H24N2O5. The Morgan fingerprint density at radius 3 is 2.76 bits per heavy atom. The van der Waals surface area contributed by atoms with E-state index in [-0.39, 0.29) is 30.9 Å². The molecule has 0 aromatic heterocycles. The highest BCUT2D eigenvalue weighted by molar-refractivity contribution is 6.03. The number of carbonyl (C=O) groups is 3. The Morgan fingerprint density at radius 1 is 1.36 bits per heavy atom. The molecule has 1 fully saturated rings. The summed E-state index contributed by atoms with van der Waals surface area (Å²) >= 11 is 0. The van der Waals surface area contributed by atoms with Crippen molar-refractivity contribution < 1.29 is 23.9 Å². The molecule has 136 valence electrons. The number of amides is 2. The van der Waals surface area contributed by atoms with Gasteiger partial charge in [-0.3, -0.25) is 9.59 Å². The van der Waals surface area contributed by atoms with E-state index in [1.54, 1.807) is 43.2 Å². The number of methoxy groups -OCH3 is 1. The second-order valence-corrected chi connectivity index (χ2v) is 6.01. The van der Waals surface area contributed by atoms with Gasteiger partial charge in [0.15, 0.2) is 0 Å². The normalized spacial score (nSPS) is 18.1. The Bertz CT molecular complexity index is 646. The second kappa shape index (κ2) is 8.62. The number of benzene rings is 1. The van der Waals surface area contributed by atoms with Gasteiger partial charge in [-0.25, -0.2) is 4.79 Å². The number of carbonyl (C=O) groups excluding carboxylic acids is 3. The molecule has 0 aliphatic carbocycles. The average molecular weight is 348 g/mol. The molecule has 1 aromatic rings. The fraction of sp³-hybridized carbons (Fsp3) is 0.500. The summed E-state index contributed by atoms with van der Waals surface area (Å²) in [6.45, 7) is 4.63. The Labute approximate surface area is 147 Å².